The van der Waals surface area contributed by atoms with Crippen LogP contribution in [-0.4, -0.2) is 30.3 Å². The van der Waals surface area contributed by atoms with Crippen LogP contribution >= 0.6 is 0 Å². The number of aliphatic hydroxyl groups is 1. The molecule has 0 aliphatic carbocycles. The van der Waals surface area contributed by atoms with Crippen molar-refractivity contribution in [3.05, 3.63) is 29.8 Å². The summed E-state index contributed by atoms with van der Waals surface area (Å²) in [6, 6.07) is 7.66. The fourth-order valence-corrected chi connectivity index (χ4v) is 1.98. The third kappa shape index (κ3) is 5.61. The molecule has 0 aliphatic rings. The SMILES string of the molecule is CCC(CC)C(=O)NCC(O)COc1cccc(C)c1. The standard InChI is InChI=1S/C16H25NO3/c1-4-13(5-2)16(19)17-10-14(18)11-20-15-8-6-7-12(3)9-15/h6-9,13-14,18H,4-5,10-11H2,1-3H3,(H,17,19). The Balaban J connectivity index is 2.30. The van der Waals surface area contributed by atoms with E-state index >= 15 is 0 Å². The Morgan fingerprint density at radius 2 is 2.05 bits per heavy atom. The summed E-state index contributed by atoms with van der Waals surface area (Å²) < 4.78 is 5.49. The summed E-state index contributed by atoms with van der Waals surface area (Å²) in [5.41, 5.74) is 1.11. The second-order valence-electron chi connectivity index (χ2n) is 5.04. The van der Waals surface area contributed by atoms with Crippen molar-refractivity contribution in [1.82, 2.24) is 5.32 Å². The normalized spacial score (nSPS) is 12.2. The van der Waals surface area contributed by atoms with Gasteiger partial charge in [-0.15, -0.1) is 0 Å². The predicted molar refractivity (Wildman–Crippen MR) is 79.8 cm³/mol. The van der Waals surface area contributed by atoms with Gasteiger partial charge in [-0.1, -0.05) is 26.0 Å². The molecule has 20 heavy (non-hydrogen) atoms. The molecule has 112 valence electrons. The molecule has 2 N–H and O–H groups in total. The molecule has 0 bridgehead atoms. The highest BCUT2D eigenvalue weighted by molar-refractivity contribution is 5.78. The van der Waals surface area contributed by atoms with Crippen LogP contribution in [0.2, 0.25) is 0 Å². The van der Waals surface area contributed by atoms with Gasteiger partial charge in [-0.2, -0.15) is 0 Å². The van der Waals surface area contributed by atoms with Crippen molar-refractivity contribution < 1.29 is 14.6 Å². The molecule has 4 nitrogen and oxygen atoms in total. The summed E-state index contributed by atoms with van der Waals surface area (Å²) in [6.07, 6.45) is 0.935. The van der Waals surface area contributed by atoms with Gasteiger partial charge in [-0.05, 0) is 37.5 Å². The maximum Gasteiger partial charge on any atom is 0.223 e. The first-order chi connectivity index (χ1) is 9.56. The van der Waals surface area contributed by atoms with Crippen molar-refractivity contribution in [2.45, 2.75) is 39.7 Å². The molecule has 1 rings (SSSR count). The van der Waals surface area contributed by atoms with E-state index in [1.54, 1.807) is 0 Å². The van der Waals surface area contributed by atoms with Gasteiger partial charge in [-0.25, -0.2) is 0 Å². The van der Waals surface area contributed by atoms with Crippen molar-refractivity contribution in [2.75, 3.05) is 13.2 Å². The summed E-state index contributed by atoms with van der Waals surface area (Å²) in [5, 5.41) is 12.6. The van der Waals surface area contributed by atoms with Gasteiger partial charge in [0.25, 0.3) is 0 Å². The molecule has 1 unspecified atom stereocenters. The van der Waals surface area contributed by atoms with E-state index in [9.17, 15) is 9.90 Å². The van der Waals surface area contributed by atoms with Gasteiger partial charge in [0.2, 0.25) is 5.91 Å². The number of carbonyl (C=O) groups excluding carboxylic acids is 1. The molecule has 0 aromatic heterocycles. The van der Waals surface area contributed by atoms with Gasteiger partial charge < -0.3 is 15.2 Å². The first-order valence-corrected chi connectivity index (χ1v) is 7.22. The van der Waals surface area contributed by atoms with Crippen LogP contribution < -0.4 is 10.1 Å². The Morgan fingerprint density at radius 1 is 1.35 bits per heavy atom. The highest BCUT2D eigenvalue weighted by Gasteiger charge is 2.15. The summed E-state index contributed by atoms with van der Waals surface area (Å²) in [4.78, 5) is 11.8. The van der Waals surface area contributed by atoms with Crippen LogP contribution in [0.5, 0.6) is 5.75 Å². The second-order valence-corrected chi connectivity index (χ2v) is 5.04. The average Bonchev–Trinajstić information content (AvgIpc) is 2.44. The minimum absolute atomic E-state index is 0.00426. The quantitative estimate of drug-likeness (QED) is 0.767. The number of rotatable bonds is 8. The monoisotopic (exact) mass is 279 g/mol. The minimum Gasteiger partial charge on any atom is -0.491 e. The molecule has 0 heterocycles. The minimum atomic E-state index is -0.700. The largest absolute Gasteiger partial charge is 0.491 e. The zero-order chi connectivity index (χ0) is 15.0. The Labute approximate surface area is 121 Å². The second kappa shape index (κ2) is 8.59. The molecule has 1 aromatic rings. The van der Waals surface area contributed by atoms with Crippen molar-refractivity contribution in [3.63, 3.8) is 0 Å². The lowest BCUT2D eigenvalue weighted by atomic mass is 10.0. The first kappa shape index (κ1) is 16.5. The van der Waals surface area contributed by atoms with Crippen molar-refractivity contribution in [2.24, 2.45) is 5.92 Å². The summed E-state index contributed by atoms with van der Waals surface area (Å²) >= 11 is 0. The molecule has 0 aliphatic heterocycles. The Kier molecular flexibility index (Phi) is 7.09. The number of nitrogens with one attached hydrogen (secondary N) is 1. The van der Waals surface area contributed by atoms with Gasteiger partial charge in [0, 0.05) is 12.5 Å². The molecule has 0 saturated carbocycles. The lowest BCUT2D eigenvalue weighted by molar-refractivity contribution is -0.125. The zero-order valence-corrected chi connectivity index (χ0v) is 12.6. The van der Waals surface area contributed by atoms with Crippen LogP contribution in [-0.2, 0) is 4.79 Å². The highest BCUT2D eigenvalue weighted by Crippen LogP contribution is 2.12. The molecule has 0 fully saturated rings. The van der Waals surface area contributed by atoms with E-state index in [-0.39, 0.29) is 25.0 Å². The van der Waals surface area contributed by atoms with Crippen LogP contribution in [0.4, 0.5) is 0 Å². The topological polar surface area (TPSA) is 58.6 Å². The maximum atomic E-state index is 11.8. The molecule has 0 saturated heterocycles. The van der Waals surface area contributed by atoms with Crippen LogP contribution in [0.15, 0.2) is 24.3 Å². The van der Waals surface area contributed by atoms with E-state index in [0.717, 1.165) is 24.2 Å². The fraction of sp³-hybridized carbons (Fsp3) is 0.562. The summed E-state index contributed by atoms with van der Waals surface area (Å²) in [7, 11) is 0. The van der Waals surface area contributed by atoms with E-state index in [1.807, 2.05) is 45.0 Å². The lowest BCUT2D eigenvalue weighted by Crippen LogP contribution is -2.38. The maximum absolute atomic E-state index is 11.8. The molecule has 1 aromatic carbocycles. The van der Waals surface area contributed by atoms with Crippen LogP contribution in [0, 0.1) is 12.8 Å². The molecular weight excluding hydrogens is 254 g/mol. The molecular formula is C16H25NO3. The van der Waals surface area contributed by atoms with Crippen LogP contribution in [0.25, 0.3) is 0 Å². The number of hydrogen-bond acceptors (Lipinski definition) is 3. The Bertz CT molecular complexity index is 416. The summed E-state index contributed by atoms with van der Waals surface area (Å²) in [5.74, 6) is 0.764. The summed E-state index contributed by atoms with van der Waals surface area (Å²) in [6.45, 7) is 6.36. The van der Waals surface area contributed by atoms with Crippen molar-refractivity contribution in [1.29, 1.82) is 0 Å². The predicted octanol–water partition coefficient (Wildman–Crippen LogP) is 2.29. The fourth-order valence-electron chi connectivity index (χ4n) is 1.98. The third-order valence-electron chi connectivity index (χ3n) is 3.30. The number of benzene rings is 1. The number of aliphatic hydroxyl groups excluding tert-OH is 1. The average molecular weight is 279 g/mol. The van der Waals surface area contributed by atoms with Crippen LogP contribution in [0.1, 0.15) is 32.3 Å². The van der Waals surface area contributed by atoms with E-state index in [2.05, 4.69) is 5.32 Å². The lowest BCUT2D eigenvalue weighted by Gasteiger charge is -2.16. The zero-order valence-electron chi connectivity index (χ0n) is 12.6. The molecule has 0 spiro atoms. The van der Waals surface area contributed by atoms with Crippen molar-refractivity contribution >= 4 is 5.91 Å². The highest BCUT2D eigenvalue weighted by atomic mass is 16.5. The van der Waals surface area contributed by atoms with Gasteiger partial charge >= 0.3 is 0 Å². The van der Waals surface area contributed by atoms with E-state index in [4.69, 9.17) is 4.74 Å². The third-order valence-corrected chi connectivity index (χ3v) is 3.30. The molecule has 0 radical (unpaired) electrons. The molecule has 1 amide bonds. The number of hydrogen-bond donors (Lipinski definition) is 2. The number of aryl methyl sites for hydroxylation is 1. The molecule has 1 atom stereocenters. The van der Waals surface area contributed by atoms with Gasteiger partial charge in [-0.3, -0.25) is 4.79 Å². The smallest absolute Gasteiger partial charge is 0.223 e. The number of carbonyl (C=O) groups is 1. The van der Waals surface area contributed by atoms with Crippen LogP contribution in [0.3, 0.4) is 0 Å². The Morgan fingerprint density at radius 3 is 2.65 bits per heavy atom. The van der Waals surface area contributed by atoms with Crippen molar-refractivity contribution in [3.8, 4) is 5.75 Å². The number of ether oxygens (including phenoxy) is 1. The van der Waals surface area contributed by atoms with E-state index < -0.39 is 6.10 Å². The van der Waals surface area contributed by atoms with Gasteiger partial charge in [0.1, 0.15) is 18.5 Å². The number of amides is 1. The van der Waals surface area contributed by atoms with E-state index in [0.29, 0.717) is 0 Å². The van der Waals surface area contributed by atoms with Gasteiger partial charge in [0.15, 0.2) is 0 Å². The Hall–Kier alpha value is -1.55. The van der Waals surface area contributed by atoms with E-state index in [1.165, 1.54) is 0 Å². The van der Waals surface area contributed by atoms with Gasteiger partial charge in [0.05, 0.1) is 0 Å². The first-order valence-electron chi connectivity index (χ1n) is 7.22. The molecule has 4 heteroatoms.